The lowest BCUT2D eigenvalue weighted by Crippen LogP contribution is -2.48. The van der Waals surface area contributed by atoms with E-state index in [1.165, 1.54) is 30.6 Å². The van der Waals surface area contributed by atoms with Gasteiger partial charge in [-0.25, -0.2) is 18.7 Å². The van der Waals surface area contributed by atoms with Gasteiger partial charge in [0.2, 0.25) is 5.91 Å². The van der Waals surface area contributed by atoms with E-state index in [1.807, 2.05) is 11.8 Å². The number of anilines is 1. The Labute approximate surface area is 240 Å². The Balaban J connectivity index is 1.50. The molecule has 1 amide bonds. The maximum Gasteiger partial charge on any atom is 0.305 e. The number of rotatable bonds is 13. The molecule has 0 spiro atoms. The van der Waals surface area contributed by atoms with Gasteiger partial charge < -0.3 is 29.1 Å². The fraction of sp³-hybridized carbons (Fsp3) is 0.429. The van der Waals surface area contributed by atoms with Crippen molar-refractivity contribution in [2.45, 2.75) is 19.8 Å². The zero-order valence-corrected chi connectivity index (χ0v) is 23.3. The highest BCUT2D eigenvalue weighted by Crippen LogP contribution is 2.42. The minimum atomic E-state index is -0.944. The first-order valence-electron chi connectivity index (χ1n) is 13.3. The molecular formula is C28H31ClF2N4O6. The Morgan fingerprint density at radius 3 is 2.41 bits per heavy atom. The molecule has 0 unspecified atom stereocenters. The van der Waals surface area contributed by atoms with Crippen molar-refractivity contribution in [2.24, 2.45) is 0 Å². The zero-order chi connectivity index (χ0) is 29.4. The molecule has 3 aromatic rings. The van der Waals surface area contributed by atoms with Crippen LogP contribution in [-0.4, -0.2) is 91.1 Å². The number of halogens is 3. The number of ether oxygens (including phenoxy) is 3. The number of carbonyl (C=O) groups is 2. The predicted octanol–water partition coefficient (Wildman–Crippen LogP) is 4.17. The molecule has 1 saturated heterocycles. The number of amides is 1. The third-order valence-electron chi connectivity index (χ3n) is 6.58. The minimum Gasteiger partial charge on any atom is -0.490 e. The summed E-state index contributed by atoms with van der Waals surface area (Å²) in [5.41, 5.74) is -0.328. The van der Waals surface area contributed by atoms with Crippen LogP contribution in [0.1, 0.15) is 19.8 Å². The van der Waals surface area contributed by atoms with Crippen LogP contribution in [-0.2, 0) is 19.1 Å². The summed E-state index contributed by atoms with van der Waals surface area (Å²) in [4.78, 5) is 34.8. The van der Waals surface area contributed by atoms with E-state index in [0.717, 1.165) is 0 Å². The van der Waals surface area contributed by atoms with Crippen LogP contribution in [0.25, 0.3) is 22.0 Å². The summed E-state index contributed by atoms with van der Waals surface area (Å²) >= 11 is 6.58. The lowest BCUT2D eigenvalue weighted by Gasteiger charge is -2.35. The largest absolute Gasteiger partial charge is 0.490 e. The molecule has 1 N–H and O–H groups in total. The fourth-order valence-electron chi connectivity index (χ4n) is 4.55. The maximum absolute atomic E-state index is 16.0. The number of aromatic nitrogens is 2. The van der Waals surface area contributed by atoms with Crippen LogP contribution in [0.5, 0.6) is 5.75 Å². The van der Waals surface area contributed by atoms with E-state index in [9.17, 15) is 9.59 Å². The fourth-order valence-corrected chi connectivity index (χ4v) is 4.83. The molecule has 0 bridgehead atoms. The summed E-state index contributed by atoms with van der Waals surface area (Å²) in [7, 11) is 0. The van der Waals surface area contributed by atoms with Crippen molar-refractivity contribution >= 4 is 40.2 Å². The van der Waals surface area contributed by atoms with Gasteiger partial charge in [-0.3, -0.25) is 9.59 Å². The van der Waals surface area contributed by atoms with Crippen LogP contribution < -0.4 is 9.64 Å². The van der Waals surface area contributed by atoms with Gasteiger partial charge in [-0.2, -0.15) is 0 Å². The van der Waals surface area contributed by atoms with Gasteiger partial charge in [0.15, 0.2) is 5.82 Å². The molecule has 1 aliphatic heterocycles. The average Bonchev–Trinajstić information content (AvgIpc) is 2.96. The smallest absolute Gasteiger partial charge is 0.305 e. The summed E-state index contributed by atoms with van der Waals surface area (Å²) in [5, 5.41) is 8.95. The molecule has 0 saturated carbocycles. The van der Waals surface area contributed by atoms with Gasteiger partial charge in [0.25, 0.3) is 0 Å². The molecular weight excluding hydrogens is 562 g/mol. The molecule has 0 atom stereocenters. The molecule has 2 heterocycles. The van der Waals surface area contributed by atoms with E-state index in [0.29, 0.717) is 43.8 Å². The summed E-state index contributed by atoms with van der Waals surface area (Å²) < 4.78 is 47.4. The molecule has 10 nitrogen and oxygen atoms in total. The highest BCUT2D eigenvalue weighted by Gasteiger charge is 2.26. The molecule has 1 fully saturated rings. The monoisotopic (exact) mass is 592 g/mol. The zero-order valence-electron chi connectivity index (χ0n) is 22.6. The Hall–Kier alpha value is -3.61. The third-order valence-corrected chi connectivity index (χ3v) is 6.88. The van der Waals surface area contributed by atoms with Crippen molar-refractivity contribution < 1.29 is 37.7 Å². The number of hydrogen-bond donors (Lipinski definition) is 1. The number of hydrogen-bond acceptors (Lipinski definition) is 8. The van der Waals surface area contributed by atoms with Gasteiger partial charge in [0, 0.05) is 43.5 Å². The molecule has 41 heavy (non-hydrogen) atoms. The van der Waals surface area contributed by atoms with Crippen molar-refractivity contribution in [2.75, 3.05) is 64.1 Å². The van der Waals surface area contributed by atoms with Gasteiger partial charge in [-0.1, -0.05) is 24.6 Å². The van der Waals surface area contributed by atoms with E-state index in [-0.39, 0.29) is 72.8 Å². The summed E-state index contributed by atoms with van der Waals surface area (Å²) in [6.07, 6.45) is 1.59. The quantitative estimate of drug-likeness (QED) is 0.292. The van der Waals surface area contributed by atoms with Crippen LogP contribution >= 0.6 is 11.6 Å². The number of benzene rings is 2. The molecule has 2 aromatic carbocycles. The molecule has 13 heteroatoms. The number of carboxylic acids is 1. The maximum atomic E-state index is 16.0. The summed E-state index contributed by atoms with van der Waals surface area (Å²) in [6.45, 7) is 4.58. The molecule has 0 radical (unpaired) electrons. The molecule has 1 aromatic heterocycles. The molecule has 4 rings (SSSR count). The van der Waals surface area contributed by atoms with E-state index in [1.54, 1.807) is 4.90 Å². The van der Waals surface area contributed by atoms with Crippen LogP contribution in [0.3, 0.4) is 0 Å². The third kappa shape index (κ3) is 7.38. The second-order valence-electron chi connectivity index (χ2n) is 9.19. The van der Waals surface area contributed by atoms with Gasteiger partial charge in [0.1, 0.15) is 35.8 Å². The molecule has 1 aliphatic rings. The number of carbonyl (C=O) groups excluding carboxylic acids is 1. The highest BCUT2D eigenvalue weighted by atomic mass is 35.5. The lowest BCUT2D eigenvalue weighted by molar-refractivity contribution is -0.138. The van der Waals surface area contributed by atoms with E-state index < -0.39 is 17.6 Å². The van der Waals surface area contributed by atoms with Crippen LogP contribution in [0.4, 0.5) is 14.6 Å². The average molecular weight is 593 g/mol. The highest BCUT2D eigenvalue weighted by molar-refractivity contribution is 6.34. The van der Waals surface area contributed by atoms with Gasteiger partial charge in [-0.05, 0) is 18.2 Å². The first-order valence-corrected chi connectivity index (χ1v) is 13.6. The van der Waals surface area contributed by atoms with Crippen LogP contribution in [0.2, 0.25) is 5.02 Å². The standard InChI is InChI=1S/C28H31ClF2N4O6/c1-2-22(36)34-7-9-35(10-8-34)28-18-16-19(29)24(26(31)27(18)32-17-33-28)25-20(30)4-3-5-21(25)41-15-14-40-13-12-39-11-6-23(37)38/h3-5,16-17H,2,6-15H2,1H3,(H,37,38). The Bertz CT molecular complexity index is 1390. The lowest BCUT2D eigenvalue weighted by atomic mass is 10.0. The van der Waals surface area contributed by atoms with E-state index in [4.69, 9.17) is 30.9 Å². The summed E-state index contributed by atoms with van der Waals surface area (Å²) in [6, 6.07) is 5.67. The minimum absolute atomic E-state index is 0.0121. The second-order valence-corrected chi connectivity index (χ2v) is 9.60. The predicted molar refractivity (Wildman–Crippen MR) is 148 cm³/mol. The first kappa shape index (κ1) is 30.4. The summed E-state index contributed by atoms with van der Waals surface area (Å²) in [5.74, 6) is -1.83. The number of piperazine rings is 1. The van der Waals surface area contributed by atoms with Crippen molar-refractivity contribution in [3.63, 3.8) is 0 Å². The van der Waals surface area contributed by atoms with Crippen LogP contribution in [0.15, 0.2) is 30.6 Å². The van der Waals surface area contributed by atoms with E-state index in [2.05, 4.69) is 9.97 Å². The molecule has 220 valence electrons. The van der Waals surface area contributed by atoms with Gasteiger partial charge in [-0.15, -0.1) is 0 Å². The van der Waals surface area contributed by atoms with Crippen molar-refractivity contribution in [3.05, 3.63) is 47.2 Å². The Kier molecular flexibility index (Phi) is 10.6. The number of nitrogens with zero attached hydrogens (tertiary/aromatic N) is 4. The Morgan fingerprint density at radius 1 is 1.00 bits per heavy atom. The number of fused-ring (bicyclic) bond motifs is 1. The SMILES string of the molecule is CCC(=O)N1CCN(c2ncnc3c(F)c(-c4c(F)cccc4OCCOCCOCCC(=O)O)c(Cl)cc23)CC1. The van der Waals surface area contributed by atoms with Crippen molar-refractivity contribution in [3.8, 4) is 16.9 Å². The number of carboxylic acid groups (broad SMARTS) is 1. The van der Waals surface area contributed by atoms with Crippen molar-refractivity contribution in [1.29, 1.82) is 0 Å². The van der Waals surface area contributed by atoms with Crippen LogP contribution in [0, 0.1) is 11.6 Å². The topological polar surface area (TPSA) is 114 Å². The van der Waals surface area contributed by atoms with Gasteiger partial charge >= 0.3 is 5.97 Å². The van der Waals surface area contributed by atoms with Gasteiger partial charge in [0.05, 0.1) is 43.4 Å². The second kappa shape index (κ2) is 14.3. The van der Waals surface area contributed by atoms with E-state index >= 15 is 8.78 Å². The van der Waals surface area contributed by atoms with Crippen molar-refractivity contribution in [1.82, 2.24) is 14.9 Å². The normalized spacial score (nSPS) is 13.6. The first-order chi connectivity index (χ1) is 19.8. The molecule has 0 aliphatic carbocycles. The number of aliphatic carboxylic acids is 1. The Morgan fingerprint density at radius 2 is 1.71 bits per heavy atom.